The molecule has 1 saturated heterocycles. The Morgan fingerprint density at radius 3 is 1.88 bits per heavy atom. The second-order valence-electron chi connectivity index (χ2n) is 7.30. The van der Waals surface area contributed by atoms with Gasteiger partial charge >= 0.3 is 23.9 Å². The molecule has 0 aromatic heterocycles. The summed E-state index contributed by atoms with van der Waals surface area (Å²) in [6.07, 6.45) is -6.45. The molecule has 13 heteroatoms. The molecule has 0 spiro atoms. The van der Waals surface area contributed by atoms with Gasteiger partial charge in [0.2, 0.25) is 0 Å². The van der Waals surface area contributed by atoms with Crippen molar-refractivity contribution in [2.24, 2.45) is 0 Å². The Morgan fingerprint density at radius 1 is 0.853 bits per heavy atom. The van der Waals surface area contributed by atoms with Gasteiger partial charge in [-0.3, -0.25) is 29.3 Å². The van der Waals surface area contributed by atoms with Gasteiger partial charge in [0.15, 0.2) is 24.6 Å². The average Bonchev–Trinajstić information content (AvgIpc) is 2.73. The van der Waals surface area contributed by atoms with Crippen molar-refractivity contribution >= 4 is 29.6 Å². The number of nitrogens with zero attached hydrogens (tertiary/aromatic N) is 1. The van der Waals surface area contributed by atoms with Gasteiger partial charge in [0.1, 0.15) is 12.7 Å². The lowest BCUT2D eigenvalue weighted by molar-refractivity contribution is -0.384. The summed E-state index contributed by atoms with van der Waals surface area (Å²) in [4.78, 5) is 56.9. The molecular weight excluding hydrogens is 458 g/mol. The molecule has 2 rings (SSSR count). The normalized spacial score (nSPS) is 23.9. The zero-order valence-corrected chi connectivity index (χ0v) is 19.0. The Morgan fingerprint density at radius 2 is 1.38 bits per heavy atom. The summed E-state index contributed by atoms with van der Waals surface area (Å²) in [7, 11) is 0. The zero-order chi connectivity index (χ0) is 25.4. The van der Waals surface area contributed by atoms with Crippen molar-refractivity contribution < 1.29 is 52.5 Å². The number of carbonyl (C=O) groups excluding carboxylic acids is 4. The Kier molecular flexibility index (Phi) is 9.45. The highest BCUT2D eigenvalue weighted by Crippen LogP contribution is 2.30. The third kappa shape index (κ3) is 7.78. The molecule has 0 amide bonds. The molecule has 0 aliphatic carbocycles. The van der Waals surface area contributed by atoms with E-state index in [1.54, 1.807) is 0 Å². The molecule has 1 aromatic carbocycles. The number of nitro benzene ring substituents is 1. The molecule has 1 aliphatic rings. The maximum absolute atomic E-state index is 11.8. The second-order valence-corrected chi connectivity index (χ2v) is 7.30. The molecule has 1 aromatic rings. The van der Waals surface area contributed by atoms with Crippen LogP contribution in [0, 0.1) is 10.1 Å². The smallest absolute Gasteiger partial charge is 0.303 e. The van der Waals surface area contributed by atoms with Gasteiger partial charge in [-0.15, -0.1) is 0 Å². The van der Waals surface area contributed by atoms with E-state index in [4.69, 9.17) is 28.4 Å². The van der Waals surface area contributed by atoms with Crippen molar-refractivity contribution in [3.05, 3.63) is 39.9 Å². The SMILES string of the molecule is CC(=O)OC[C@H]1O[C@H](OCc2ccc([N+](=O)[O-])cc2)[C@H](OC(C)=O)[C@@H](OC(C)=O)[C@@H]1OC(C)=O. The van der Waals surface area contributed by atoms with Gasteiger partial charge < -0.3 is 28.4 Å². The third-order valence-corrected chi connectivity index (χ3v) is 4.51. The van der Waals surface area contributed by atoms with Crippen LogP contribution in [-0.2, 0) is 54.2 Å². The molecule has 0 bridgehead atoms. The highest BCUT2D eigenvalue weighted by molar-refractivity contribution is 5.68. The van der Waals surface area contributed by atoms with Crippen molar-refractivity contribution in [3.8, 4) is 0 Å². The predicted molar refractivity (Wildman–Crippen MR) is 110 cm³/mol. The second kappa shape index (κ2) is 12.0. The molecule has 0 unspecified atom stereocenters. The van der Waals surface area contributed by atoms with E-state index in [0.717, 1.165) is 27.7 Å². The number of non-ortho nitro benzene ring substituents is 1. The van der Waals surface area contributed by atoms with E-state index in [9.17, 15) is 29.3 Å². The molecule has 1 heterocycles. The number of hydrogen-bond donors (Lipinski definition) is 0. The van der Waals surface area contributed by atoms with Crippen molar-refractivity contribution in [1.29, 1.82) is 0 Å². The summed E-state index contributed by atoms with van der Waals surface area (Å²) in [5.74, 6) is -2.90. The van der Waals surface area contributed by atoms with Crippen LogP contribution in [0.1, 0.15) is 33.3 Å². The van der Waals surface area contributed by atoms with E-state index in [-0.39, 0.29) is 18.9 Å². The van der Waals surface area contributed by atoms with Crippen LogP contribution in [0.4, 0.5) is 5.69 Å². The largest absolute Gasteiger partial charge is 0.463 e. The van der Waals surface area contributed by atoms with E-state index in [0.29, 0.717) is 5.56 Å². The minimum atomic E-state index is -1.35. The first-order chi connectivity index (χ1) is 16.0. The summed E-state index contributed by atoms with van der Waals surface area (Å²) >= 11 is 0. The summed E-state index contributed by atoms with van der Waals surface area (Å²) in [6, 6.07) is 5.49. The number of benzene rings is 1. The number of ether oxygens (including phenoxy) is 6. The third-order valence-electron chi connectivity index (χ3n) is 4.51. The lowest BCUT2D eigenvalue weighted by Gasteiger charge is -2.44. The van der Waals surface area contributed by atoms with Crippen LogP contribution in [0.3, 0.4) is 0 Å². The minimum Gasteiger partial charge on any atom is -0.463 e. The number of carbonyl (C=O) groups is 4. The number of nitro groups is 1. The van der Waals surface area contributed by atoms with Gasteiger partial charge in [-0.05, 0) is 17.7 Å². The van der Waals surface area contributed by atoms with Gasteiger partial charge in [-0.25, -0.2) is 0 Å². The lowest BCUT2D eigenvalue weighted by Crippen LogP contribution is -2.62. The van der Waals surface area contributed by atoms with E-state index < -0.39 is 59.5 Å². The van der Waals surface area contributed by atoms with Crippen LogP contribution in [0.2, 0.25) is 0 Å². The molecule has 0 saturated carbocycles. The summed E-state index contributed by atoms with van der Waals surface area (Å²) in [5.41, 5.74) is 0.412. The standard InChI is InChI=1S/C21H25NO12/c1-11(23)29-10-17-18(31-12(2)24)19(32-13(3)25)20(33-14(4)26)21(34-17)30-9-15-5-7-16(8-6-15)22(27)28/h5-8,17-21H,9-10H2,1-4H3/t17-,18-,19+,20-,21+/m1/s1. The van der Waals surface area contributed by atoms with Crippen LogP contribution in [0.15, 0.2) is 24.3 Å². The molecule has 0 N–H and O–H groups in total. The quantitative estimate of drug-likeness (QED) is 0.213. The van der Waals surface area contributed by atoms with Crippen molar-refractivity contribution in [1.82, 2.24) is 0 Å². The zero-order valence-electron chi connectivity index (χ0n) is 19.0. The van der Waals surface area contributed by atoms with E-state index in [2.05, 4.69) is 0 Å². The number of hydrogen-bond acceptors (Lipinski definition) is 12. The molecule has 0 radical (unpaired) electrons. The Bertz CT molecular complexity index is 915. The highest BCUT2D eigenvalue weighted by Gasteiger charge is 2.52. The van der Waals surface area contributed by atoms with Crippen molar-refractivity contribution in [3.63, 3.8) is 0 Å². The molecule has 186 valence electrons. The predicted octanol–water partition coefficient (Wildman–Crippen LogP) is 1.19. The van der Waals surface area contributed by atoms with Gasteiger partial charge in [0.05, 0.1) is 11.5 Å². The maximum atomic E-state index is 11.8. The van der Waals surface area contributed by atoms with Gasteiger partial charge in [-0.1, -0.05) is 0 Å². The highest BCUT2D eigenvalue weighted by atomic mass is 16.7. The van der Waals surface area contributed by atoms with Gasteiger partial charge in [-0.2, -0.15) is 0 Å². The van der Waals surface area contributed by atoms with Crippen LogP contribution >= 0.6 is 0 Å². The summed E-state index contributed by atoms with van der Waals surface area (Å²) < 4.78 is 32.4. The van der Waals surface area contributed by atoms with Crippen LogP contribution in [-0.4, -0.2) is 66.1 Å². The molecule has 34 heavy (non-hydrogen) atoms. The van der Waals surface area contributed by atoms with Gasteiger partial charge in [0, 0.05) is 39.8 Å². The monoisotopic (exact) mass is 483 g/mol. The fourth-order valence-corrected chi connectivity index (χ4v) is 3.22. The fraction of sp³-hybridized carbons (Fsp3) is 0.524. The fourth-order valence-electron chi connectivity index (χ4n) is 3.22. The molecule has 5 atom stereocenters. The first-order valence-electron chi connectivity index (χ1n) is 10.1. The topological polar surface area (TPSA) is 167 Å². The number of rotatable bonds is 9. The summed E-state index contributed by atoms with van der Waals surface area (Å²) in [6.45, 7) is 3.99. The van der Waals surface area contributed by atoms with E-state index in [1.165, 1.54) is 24.3 Å². The van der Waals surface area contributed by atoms with Crippen molar-refractivity contribution in [2.75, 3.05) is 6.61 Å². The van der Waals surface area contributed by atoms with Crippen molar-refractivity contribution in [2.45, 2.75) is 65.0 Å². The number of esters is 4. The molecule has 1 fully saturated rings. The van der Waals surface area contributed by atoms with E-state index in [1.807, 2.05) is 0 Å². The maximum Gasteiger partial charge on any atom is 0.303 e. The van der Waals surface area contributed by atoms with E-state index >= 15 is 0 Å². The van der Waals surface area contributed by atoms with Crippen LogP contribution in [0.5, 0.6) is 0 Å². The summed E-state index contributed by atoms with van der Waals surface area (Å²) in [5, 5.41) is 10.8. The first kappa shape index (κ1) is 26.7. The molecular formula is C21H25NO12. The van der Waals surface area contributed by atoms with Crippen LogP contribution < -0.4 is 0 Å². The lowest BCUT2D eigenvalue weighted by atomic mass is 9.98. The Balaban J connectivity index is 2.34. The Hall–Kier alpha value is -3.58. The molecule has 13 nitrogen and oxygen atoms in total. The molecule has 1 aliphatic heterocycles. The average molecular weight is 483 g/mol. The minimum absolute atomic E-state index is 0.115. The Labute approximate surface area is 194 Å². The first-order valence-corrected chi connectivity index (χ1v) is 10.1. The van der Waals surface area contributed by atoms with Crippen LogP contribution in [0.25, 0.3) is 0 Å². The van der Waals surface area contributed by atoms with Gasteiger partial charge in [0.25, 0.3) is 5.69 Å².